The van der Waals surface area contributed by atoms with Crippen LogP contribution in [0, 0.1) is 5.92 Å². The molecule has 1 amide bonds. The molecule has 13 N–H and O–H groups in total. The second-order valence-corrected chi connectivity index (χ2v) is 25.6. The van der Waals surface area contributed by atoms with Crippen LogP contribution < -0.4 is 32.8 Å². The Labute approximate surface area is 424 Å². The van der Waals surface area contributed by atoms with Crippen LogP contribution in [-0.2, 0) is 66.9 Å². The number of hydrogen-bond acceptors (Lipinski definition) is 25. The van der Waals surface area contributed by atoms with Crippen molar-refractivity contribution in [2.75, 3.05) is 58.4 Å². The highest BCUT2D eigenvalue weighted by Crippen LogP contribution is 2.67. The highest BCUT2D eigenvalue weighted by atomic mass is 31.3. The van der Waals surface area contributed by atoms with Crippen molar-refractivity contribution in [2.24, 2.45) is 13.0 Å². The number of aromatic nitrogens is 10. The third-order valence-corrected chi connectivity index (χ3v) is 20.1. The Morgan fingerprint density at radius 1 is 0.855 bits per heavy atom. The van der Waals surface area contributed by atoms with Crippen LogP contribution in [0.4, 0.5) is 11.8 Å². The summed E-state index contributed by atoms with van der Waals surface area (Å²) in [6, 6.07) is 0.929. The first-order valence-electron chi connectivity index (χ1n) is 22.2. The fourth-order valence-electron chi connectivity index (χ4n) is 8.89. The fraction of sp³-hybridized carbons (Fsp3) is 0.583. The summed E-state index contributed by atoms with van der Waals surface area (Å²) in [4.78, 5) is 115. The van der Waals surface area contributed by atoms with Crippen molar-refractivity contribution in [1.29, 1.82) is 0 Å². The van der Waals surface area contributed by atoms with Crippen LogP contribution in [0.15, 0.2) is 45.6 Å². The van der Waals surface area contributed by atoms with E-state index >= 15 is 0 Å². The smallest absolute Gasteiger partial charge is 0.387 e. The summed E-state index contributed by atoms with van der Waals surface area (Å²) in [7, 11) is -16.9. The number of anilines is 2. The molecule has 8 rings (SSSR count). The predicted molar refractivity (Wildman–Crippen MR) is 251 cm³/mol. The van der Waals surface area contributed by atoms with Crippen molar-refractivity contribution in [3.8, 4) is 0 Å². The van der Waals surface area contributed by atoms with Gasteiger partial charge in [0.2, 0.25) is 17.7 Å². The molecule has 0 saturated carbocycles. The van der Waals surface area contributed by atoms with Crippen LogP contribution in [0.25, 0.3) is 22.3 Å². The SMILES string of the molecule is CO[C@@H]1[C@H](P(=O)(O)OC[C@H]2O[C@@H](n3ccc(=O)[nH]c3=O)[C@H](O)[C@@H]2O)[C@@H](COP(=O)(O)OP(=O)(O)CP(=O)(O)OC[C@H]2OC([n+]3cn(C)c4c(=O)[nH]c(N)nc43)[C@H](O)[C@@H]2CC(=O)N(C)C)O[C@H]1n1cnc2c(N)ncnc21. The number of carbonyl (C=O) groups is 1. The number of methoxy groups -OCH3 is 1. The first kappa shape index (κ1) is 57.2. The number of ether oxygens (including phenoxy) is 4. The first-order chi connectivity index (χ1) is 35.5. The molecule has 36 nitrogen and oxygen atoms in total. The Morgan fingerprint density at radius 3 is 2.22 bits per heavy atom. The summed E-state index contributed by atoms with van der Waals surface area (Å²) in [6.07, 6.45) is -12.3. The van der Waals surface area contributed by atoms with E-state index in [-0.39, 0.29) is 34.1 Å². The van der Waals surface area contributed by atoms with Gasteiger partial charge in [-0.05, 0) is 0 Å². The molecule has 0 radical (unpaired) electrons. The molecule has 76 heavy (non-hydrogen) atoms. The minimum Gasteiger partial charge on any atom is -0.387 e. The third-order valence-electron chi connectivity index (χ3n) is 12.4. The lowest BCUT2D eigenvalue weighted by Crippen LogP contribution is -2.45. The average molecular weight is 1160 g/mol. The van der Waals surface area contributed by atoms with Crippen molar-refractivity contribution in [1.82, 2.24) is 48.5 Å². The van der Waals surface area contributed by atoms with Crippen LogP contribution in [0.2, 0.25) is 0 Å². The van der Waals surface area contributed by atoms with Gasteiger partial charge in [0.15, 0.2) is 36.2 Å². The van der Waals surface area contributed by atoms with Crippen LogP contribution in [0.3, 0.4) is 0 Å². The molecule has 0 spiro atoms. The zero-order valence-electron chi connectivity index (χ0n) is 40.0. The van der Waals surface area contributed by atoms with Crippen molar-refractivity contribution in [3.63, 3.8) is 0 Å². The summed E-state index contributed by atoms with van der Waals surface area (Å²) in [5.74, 6) is -3.96. The maximum atomic E-state index is 14.3. The van der Waals surface area contributed by atoms with Crippen LogP contribution in [0.5, 0.6) is 0 Å². The molecule has 3 fully saturated rings. The second-order valence-electron chi connectivity index (χ2n) is 17.8. The van der Waals surface area contributed by atoms with Crippen molar-refractivity contribution < 1.29 is 99.3 Å². The zero-order valence-corrected chi connectivity index (χ0v) is 43.6. The van der Waals surface area contributed by atoms with Crippen molar-refractivity contribution >= 4 is 70.6 Å². The number of aromatic amines is 2. The Hall–Kier alpha value is -5.03. The molecule has 3 saturated heterocycles. The summed E-state index contributed by atoms with van der Waals surface area (Å²) in [6.45, 7) is -3.19. The van der Waals surface area contributed by atoms with E-state index in [1.54, 1.807) is 0 Å². The standard InChI is InChI=1S/C36H51N13O23P4/c1-45(2)20(51)7-15-16(69-32(23(15)52)49-13-46(3)22-30(49)43-35(38)44-31(22)55)8-66-73(57,58)14-74(59,60)72-76(63,64)68-10-18-27(26(65-4)34(71-18)48-12-41-21-28(37)39-11-40-29(21)48)75(61,62)67-9-17-24(53)25(54)33(70-17)47-6-5-19(50)42-36(47)56/h5-6,11-13,15-18,23-27,32-34,52-54H,7-10,14H2,1-4H3,(H9-,37,38,39,40,42,43,44,50,55,56,57,58,59,60,61,62,63,64)/p+1/t15-,16-,17-,18-,23-,24-,25-,26-,27-,32?,33-,34-/m1/s1. The Bertz CT molecular complexity index is 3390. The van der Waals surface area contributed by atoms with Gasteiger partial charge < -0.3 is 79.3 Å². The molecule has 5 aromatic rings. The minimum absolute atomic E-state index is 0.000855. The van der Waals surface area contributed by atoms with E-state index in [1.807, 2.05) is 4.98 Å². The van der Waals surface area contributed by atoms with Gasteiger partial charge >= 0.3 is 41.9 Å². The number of carbonyl (C=O) groups excluding carboxylic acids is 1. The van der Waals surface area contributed by atoms with Gasteiger partial charge in [-0.2, -0.15) is 0 Å². The Morgan fingerprint density at radius 2 is 1.54 bits per heavy atom. The van der Waals surface area contributed by atoms with E-state index < -0.39 is 158 Å². The van der Waals surface area contributed by atoms with Crippen molar-refractivity contribution in [2.45, 2.75) is 73.5 Å². The normalized spacial score (nSPS) is 30.0. The molecule has 16 atom stereocenters. The molecule has 40 heteroatoms. The molecule has 0 bridgehead atoms. The van der Waals surface area contributed by atoms with Gasteiger partial charge in [-0.1, -0.05) is 4.98 Å². The number of rotatable bonds is 20. The van der Waals surface area contributed by atoms with Gasteiger partial charge in [-0.3, -0.25) is 56.3 Å². The summed E-state index contributed by atoms with van der Waals surface area (Å²) in [5.41, 5.74) is 7.28. The molecule has 3 aliphatic rings. The number of imidazole rings is 2. The second kappa shape index (κ2) is 21.7. The average Bonchev–Trinajstić information content (AvgIpc) is 4.13. The number of H-pyrrole nitrogens is 2. The summed E-state index contributed by atoms with van der Waals surface area (Å²) in [5, 5.41) is 33.0. The van der Waals surface area contributed by atoms with E-state index in [2.05, 4.69) is 29.2 Å². The van der Waals surface area contributed by atoms with Gasteiger partial charge in [-0.15, -0.1) is 0 Å². The van der Waals surface area contributed by atoms with Crippen LogP contribution in [0.1, 0.15) is 25.1 Å². The first-order valence-corrected chi connectivity index (χ1v) is 28.9. The number of fused-ring (bicyclic) bond motifs is 2. The minimum atomic E-state index is -5.89. The molecule has 5 aromatic heterocycles. The molecule has 5 unspecified atom stereocenters. The van der Waals surface area contributed by atoms with Gasteiger partial charge in [0.1, 0.15) is 54.1 Å². The Balaban J connectivity index is 0.969. The van der Waals surface area contributed by atoms with Gasteiger partial charge in [-0.25, -0.2) is 33.2 Å². The summed E-state index contributed by atoms with van der Waals surface area (Å²) < 4.78 is 102. The van der Waals surface area contributed by atoms with E-state index in [1.165, 1.54) is 46.1 Å². The van der Waals surface area contributed by atoms with Gasteiger partial charge in [0.25, 0.3) is 17.1 Å². The molecule has 0 aliphatic carbocycles. The lowest BCUT2D eigenvalue weighted by molar-refractivity contribution is -0.745. The number of nitrogens with one attached hydrogen (secondary N) is 2. The van der Waals surface area contributed by atoms with Crippen LogP contribution >= 0.6 is 30.6 Å². The predicted octanol–water partition coefficient (Wildman–Crippen LogP) is -3.96. The lowest BCUT2D eigenvalue weighted by atomic mass is 9.94. The number of hydrogen-bond donors (Lipinski definition) is 11. The maximum absolute atomic E-state index is 14.3. The lowest BCUT2D eigenvalue weighted by Gasteiger charge is -2.28. The number of phosphoric ester groups is 1. The van der Waals surface area contributed by atoms with Gasteiger partial charge in [0.05, 0.1) is 39.3 Å². The third kappa shape index (κ3) is 11.7. The molecule has 0 aromatic carbocycles. The number of phosphoric acid groups is 1. The molecule has 3 aliphatic heterocycles. The number of aliphatic hydroxyl groups excluding tert-OH is 3. The van der Waals surface area contributed by atoms with Crippen LogP contribution in [-0.4, -0.2) is 185 Å². The number of amides is 1. The number of nitrogens with zero attached hydrogens (tertiary/aromatic N) is 9. The summed E-state index contributed by atoms with van der Waals surface area (Å²) >= 11 is 0. The van der Waals surface area contributed by atoms with Gasteiger partial charge in [0, 0.05) is 45.8 Å². The fourth-order valence-corrected chi connectivity index (χ4v) is 15.6. The molecule has 418 valence electrons. The molecular weight excluding hydrogens is 1110 g/mol. The van der Waals surface area contributed by atoms with E-state index in [0.717, 1.165) is 36.6 Å². The van der Waals surface area contributed by atoms with E-state index in [4.69, 9.17) is 44.0 Å². The number of nitrogens with two attached hydrogens (primary N) is 2. The number of nitrogen functional groups attached to an aromatic ring is 2. The highest BCUT2D eigenvalue weighted by molar-refractivity contribution is 7.74. The zero-order chi connectivity index (χ0) is 55.6. The largest absolute Gasteiger partial charge is 0.479 e. The quantitative estimate of drug-likeness (QED) is 0.0262. The molecular formula is C36H52N13O23P4+. The van der Waals surface area contributed by atoms with Crippen molar-refractivity contribution in [3.05, 3.63) is 62.4 Å². The monoisotopic (exact) mass is 1160 g/mol. The molecule has 8 heterocycles. The maximum Gasteiger partial charge on any atom is 0.479 e. The van der Waals surface area contributed by atoms with E-state index in [0.29, 0.717) is 0 Å². The Kier molecular flexibility index (Phi) is 16.3. The topological polar surface area (TPSA) is 509 Å². The highest BCUT2D eigenvalue weighted by Gasteiger charge is 2.58. The number of aryl methyl sites for hydroxylation is 1. The van der Waals surface area contributed by atoms with E-state index in [9.17, 15) is 72.3 Å². The number of aliphatic hydroxyl groups is 3.